The second kappa shape index (κ2) is 11.6. The molecule has 5 nitrogen and oxygen atoms in total. The summed E-state index contributed by atoms with van der Waals surface area (Å²) in [6.45, 7) is 8.16. The van der Waals surface area contributed by atoms with Gasteiger partial charge < -0.3 is 15.0 Å². The predicted octanol–water partition coefficient (Wildman–Crippen LogP) is 3.22. The van der Waals surface area contributed by atoms with E-state index in [4.69, 9.17) is 4.74 Å². The molecule has 0 heterocycles. The van der Waals surface area contributed by atoms with E-state index in [2.05, 4.69) is 24.1 Å². The number of carbonyl (C=O) groups is 1. The molecule has 0 unspecified atom stereocenters. The number of nitrogens with zero attached hydrogens (tertiary/aromatic N) is 1. The third-order valence-electron chi connectivity index (χ3n) is 4.53. The normalized spacial score (nSPS) is 12.0. The third-order valence-corrected chi connectivity index (χ3v) is 5.27. The van der Waals surface area contributed by atoms with Crippen LogP contribution in [-0.2, 0) is 23.1 Å². The van der Waals surface area contributed by atoms with Crippen molar-refractivity contribution < 1.29 is 13.7 Å². The van der Waals surface area contributed by atoms with Crippen molar-refractivity contribution in [3.05, 3.63) is 65.2 Å². The first-order valence-corrected chi connectivity index (χ1v) is 11.4. The van der Waals surface area contributed by atoms with E-state index in [-0.39, 0.29) is 5.91 Å². The van der Waals surface area contributed by atoms with Crippen LogP contribution in [0.2, 0.25) is 0 Å². The molecule has 28 heavy (non-hydrogen) atoms. The zero-order valence-corrected chi connectivity index (χ0v) is 17.8. The molecule has 0 fully saturated rings. The molecule has 152 valence electrons. The molecule has 1 atom stereocenters. The van der Waals surface area contributed by atoms with Gasteiger partial charge in [-0.3, -0.25) is 9.00 Å². The molecule has 0 saturated heterocycles. The highest BCUT2D eigenvalue weighted by atomic mass is 32.2. The Hall–Kier alpha value is -2.18. The van der Waals surface area contributed by atoms with Gasteiger partial charge in [0.05, 0.1) is 0 Å². The summed E-state index contributed by atoms with van der Waals surface area (Å²) in [6, 6.07) is 15.0. The number of rotatable bonds is 11. The largest absolute Gasteiger partial charge is 0.492 e. The van der Waals surface area contributed by atoms with Gasteiger partial charge in [-0.2, -0.15) is 0 Å². The number of ether oxygens (including phenoxy) is 1. The summed E-state index contributed by atoms with van der Waals surface area (Å²) >= 11 is 0. The summed E-state index contributed by atoms with van der Waals surface area (Å²) in [6.07, 6.45) is 1.66. The predicted molar refractivity (Wildman–Crippen MR) is 115 cm³/mol. The van der Waals surface area contributed by atoms with Gasteiger partial charge in [-0.1, -0.05) is 44.2 Å². The lowest BCUT2D eigenvalue weighted by atomic mass is 10.1. The Balaban J connectivity index is 1.95. The molecule has 0 radical (unpaired) electrons. The van der Waals surface area contributed by atoms with Gasteiger partial charge in [0, 0.05) is 47.0 Å². The van der Waals surface area contributed by atoms with Gasteiger partial charge in [0.15, 0.2) is 0 Å². The molecule has 1 N–H and O–H groups in total. The Morgan fingerprint density at radius 1 is 1.11 bits per heavy atom. The van der Waals surface area contributed by atoms with Crippen molar-refractivity contribution in [1.82, 2.24) is 10.2 Å². The van der Waals surface area contributed by atoms with Crippen molar-refractivity contribution in [3.8, 4) is 5.75 Å². The van der Waals surface area contributed by atoms with E-state index >= 15 is 0 Å². The quantitative estimate of drug-likeness (QED) is 0.627. The van der Waals surface area contributed by atoms with E-state index < -0.39 is 10.8 Å². The Kier molecular flexibility index (Phi) is 9.17. The zero-order chi connectivity index (χ0) is 20.4. The second-order valence-electron chi connectivity index (χ2n) is 6.58. The van der Waals surface area contributed by atoms with Crippen molar-refractivity contribution in [3.63, 3.8) is 0 Å². The summed E-state index contributed by atoms with van der Waals surface area (Å²) < 4.78 is 17.3. The molecule has 0 saturated carbocycles. The monoisotopic (exact) mass is 402 g/mol. The highest BCUT2D eigenvalue weighted by molar-refractivity contribution is 7.83. The Bertz CT molecular complexity index is 791. The first-order chi connectivity index (χ1) is 13.5. The lowest BCUT2D eigenvalue weighted by Gasteiger charge is -2.19. The number of carbonyl (C=O) groups excluding carboxylic acids is 1. The van der Waals surface area contributed by atoms with E-state index in [1.54, 1.807) is 18.4 Å². The van der Waals surface area contributed by atoms with Crippen LogP contribution in [0.1, 0.15) is 35.3 Å². The van der Waals surface area contributed by atoms with E-state index in [1.165, 1.54) is 0 Å². The summed E-state index contributed by atoms with van der Waals surface area (Å²) in [5.41, 5.74) is 2.41. The minimum atomic E-state index is -0.935. The number of nitrogens with one attached hydrogen (secondary N) is 1. The minimum Gasteiger partial charge on any atom is -0.492 e. The fourth-order valence-corrected chi connectivity index (χ4v) is 3.58. The summed E-state index contributed by atoms with van der Waals surface area (Å²) in [5.74, 6) is 1.09. The number of benzene rings is 2. The van der Waals surface area contributed by atoms with Crippen molar-refractivity contribution in [2.45, 2.75) is 26.1 Å². The third kappa shape index (κ3) is 7.09. The first-order valence-electron chi connectivity index (χ1n) is 9.63. The van der Waals surface area contributed by atoms with Crippen LogP contribution in [0.3, 0.4) is 0 Å². The minimum absolute atomic E-state index is 0.151. The summed E-state index contributed by atoms with van der Waals surface area (Å²) in [4.78, 5) is 14.8. The molecule has 0 aromatic heterocycles. The fraction of sp³-hybridized carbons (Fsp3) is 0.409. The van der Waals surface area contributed by atoms with Crippen LogP contribution in [0.15, 0.2) is 48.5 Å². The van der Waals surface area contributed by atoms with Gasteiger partial charge in [-0.25, -0.2) is 0 Å². The lowest BCUT2D eigenvalue weighted by Crippen LogP contribution is -2.28. The number of hydrogen-bond acceptors (Lipinski definition) is 4. The number of hydrogen-bond donors (Lipinski definition) is 1. The van der Waals surface area contributed by atoms with Gasteiger partial charge in [0.25, 0.3) is 5.91 Å². The van der Waals surface area contributed by atoms with Crippen LogP contribution >= 0.6 is 0 Å². The Morgan fingerprint density at radius 2 is 1.86 bits per heavy atom. The van der Waals surface area contributed by atoms with Gasteiger partial charge in [-0.15, -0.1) is 0 Å². The molecule has 0 aliphatic carbocycles. The molecule has 2 rings (SSSR count). The van der Waals surface area contributed by atoms with Crippen LogP contribution in [0.5, 0.6) is 5.75 Å². The summed E-state index contributed by atoms with van der Waals surface area (Å²) in [7, 11) is -0.935. The van der Waals surface area contributed by atoms with Crippen LogP contribution in [0, 0.1) is 0 Å². The number of amides is 1. The van der Waals surface area contributed by atoms with Crippen LogP contribution in [0.25, 0.3) is 0 Å². The van der Waals surface area contributed by atoms with Gasteiger partial charge in [0.1, 0.15) is 12.4 Å². The van der Waals surface area contributed by atoms with Crippen LogP contribution in [0.4, 0.5) is 0 Å². The van der Waals surface area contributed by atoms with E-state index in [9.17, 15) is 9.00 Å². The molecular formula is C22H30N2O3S. The lowest BCUT2D eigenvalue weighted by molar-refractivity contribution is 0.0950. The maximum atomic E-state index is 12.5. The number of para-hydroxylation sites is 1. The van der Waals surface area contributed by atoms with E-state index in [0.29, 0.717) is 24.5 Å². The molecule has 6 heteroatoms. The molecule has 0 aliphatic heterocycles. The van der Waals surface area contributed by atoms with Crippen molar-refractivity contribution in [2.75, 3.05) is 32.5 Å². The maximum Gasteiger partial charge on any atom is 0.251 e. The molecule has 2 aromatic carbocycles. The van der Waals surface area contributed by atoms with Gasteiger partial charge >= 0.3 is 0 Å². The highest BCUT2D eigenvalue weighted by Gasteiger charge is 2.09. The van der Waals surface area contributed by atoms with Crippen molar-refractivity contribution >= 4 is 16.7 Å². The SMILES string of the molecule is CCN(CC)CCOc1ccccc1CNC(=O)c1cccc(C[S@](C)=O)c1. The smallest absolute Gasteiger partial charge is 0.251 e. The van der Waals surface area contributed by atoms with Crippen molar-refractivity contribution in [1.29, 1.82) is 0 Å². The molecule has 0 spiro atoms. The molecular weight excluding hydrogens is 372 g/mol. The average molecular weight is 403 g/mol. The molecule has 0 bridgehead atoms. The molecule has 0 aliphatic rings. The fourth-order valence-electron chi connectivity index (χ4n) is 2.93. The average Bonchev–Trinajstić information content (AvgIpc) is 2.70. The Labute approximate surface area is 170 Å². The number of likely N-dealkylation sites (N-methyl/N-ethyl adjacent to an activating group) is 1. The summed E-state index contributed by atoms with van der Waals surface area (Å²) in [5, 5.41) is 2.95. The Morgan fingerprint density at radius 3 is 2.57 bits per heavy atom. The molecule has 1 amide bonds. The van der Waals surface area contributed by atoms with E-state index in [0.717, 1.165) is 36.5 Å². The standard InChI is InChI=1S/C22H30N2O3S/c1-4-24(5-2)13-14-27-21-12-7-6-10-20(21)16-23-22(25)19-11-8-9-18(15-19)17-28(3)26/h6-12,15H,4-5,13-14,16-17H2,1-3H3,(H,23,25)/t28-/m0/s1. The molecule has 2 aromatic rings. The van der Waals surface area contributed by atoms with Gasteiger partial charge in [0.2, 0.25) is 0 Å². The van der Waals surface area contributed by atoms with Crippen molar-refractivity contribution in [2.24, 2.45) is 0 Å². The zero-order valence-electron chi connectivity index (χ0n) is 16.9. The van der Waals surface area contributed by atoms with Gasteiger partial charge in [-0.05, 0) is 36.9 Å². The maximum absolute atomic E-state index is 12.5. The van der Waals surface area contributed by atoms with Crippen LogP contribution in [-0.4, -0.2) is 47.5 Å². The topological polar surface area (TPSA) is 58.6 Å². The first kappa shape index (κ1) is 22.1. The van der Waals surface area contributed by atoms with E-state index in [1.807, 2.05) is 36.4 Å². The van der Waals surface area contributed by atoms with Crippen LogP contribution < -0.4 is 10.1 Å². The highest BCUT2D eigenvalue weighted by Crippen LogP contribution is 2.18. The second-order valence-corrected chi connectivity index (χ2v) is 8.02.